The van der Waals surface area contributed by atoms with Crippen molar-refractivity contribution in [3.8, 4) is 5.75 Å². The zero-order valence-electron chi connectivity index (χ0n) is 20.2. The second kappa shape index (κ2) is 11.5. The molecule has 0 aliphatic heterocycles. The monoisotopic (exact) mass is 479 g/mol. The number of hydrogen-bond donors (Lipinski definition) is 1. The number of benzene rings is 1. The zero-order valence-corrected chi connectivity index (χ0v) is 21.0. The summed E-state index contributed by atoms with van der Waals surface area (Å²) < 4.78 is 16.1. The molecule has 0 bridgehead atoms. The zero-order chi connectivity index (χ0) is 24.8. The minimum atomic E-state index is -0.920. The van der Waals surface area contributed by atoms with E-state index in [4.69, 9.17) is 25.5 Å². The summed E-state index contributed by atoms with van der Waals surface area (Å²) in [6.45, 7) is 11.3. The van der Waals surface area contributed by atoms with Crippen LogP contribution in [-0.2, 0) is 16.0 Å². The Morgan fingerprint density at radius 2 is 1.85 bits per heavy atom. The van der Waals surface area contributed by atoms with Gasteiger partial charge in [-0.3, -0.25) is 0 Å². The number of halogens is 1. The highest BCUT2D eigenvalue weighted by Crippen LogP contribution is 2.32. The van der Waals surface area contributed by atoms with E-state index in [0.29, 0.717) is 36.1 Å². The maximum atomic E-state index is 12.9. The van der Waals surface area contributed by atoms with Gasteiger partial charge in [-0.2, -0.15) is 0 Å². The van der Waals surface area contributed by atoms with Gasteiger partial charge in [-0.15, -0.1) is 0 Å². The molecule has 1 aromatic heterocycles. The molecule has 1 heterocycles. The van der Waals surface area contributed by atoms with Gasteiger partial charge < -0.3 is 19.2 Å². The summed E-state index contributed by atoms with van der Waals surface area (Å²) >= 11 is 6.41. The summed E-state index contributed by atoms with van der Waals surface area (Å²) in [7, 11) is 0. The van der Waals surface area contributed by atoms with Crippen LogP contribution in [0.4, 0.5) is 4.79 Å². The van der Waals surface area contributed by atoms with Crippen molar-refractivity contribution in [3.63, 3.8) is 0 Å². The van der Waals surface area contributed by atoms with Crippen molar-refractivity contribution in [2.75, 3.05) is 0 Å². The second-order valence-corrected chi connectivity index (χ2v) is 9.97. The van der Waals surface area contributed by atoms with Gasteiger partial charge in [0.1, 0.15) is 17.2 Å². The largest absolute Gasteiger partial charge is 0.444 e. The topological polar surface area (TPSA) is 94.8 Å². The molecule has 0 unspecified atom stereocenters. The number of nitrogens with one attached hydrogen (secondary N) is 1. The third kappa shape index (κ3) is 8.39. The van der Waals surface area contributed by atoms with Gasteiger partial charge in [0.15, 0.2) is 5.75 Å². The molecular weight excluding hydrogens is 446 g/mol. The molecule has 0 aliphatic rings. The molecule has 1 atom stereocenters. The molecule has 2 rings (SSSR count). The van der Waals surface area contributed by atoms with E-state index in [1.54, 1.807) is 26.8 Å². The first-order chi connectivity index (χ1) is 15.4. The summed E-state index contributed by atoms with van der Waals surface area (Å²) in [5, 5.41) is 3.51. The number of unbranched alkanes of at least 4 members (excludes halogenated alkanes) is 1. The van der Waals surface area contributed by atoms with Crippen molar-refractivity contribution < 1.29 is 23.5 Å². The van der Waals surface area contributed by atoms with E-state index in [9.17, 15) is 14.4 Å². The average Bonchev–Trinajstić information content (AvgIpc) is 2.68. The van der Waals surface area contributed by atoms with E-state index in [-0.39, 0.29) is 10.8 Å². The lowest BCUT2D eigenvalue weighted by Crippen LogP contribution is -2.45. The third-order valence-corrected chi connectivity index (χ3v) is 5.20. The Morgan fingerprint density at radius 1 is 1.15 bits per heavy atom. The minimum Gasteiger partial charge on any atom is -0.444 e. The van der Waals surface area contributed by atoms with Crippen molar-refractivity contribution in [1.29, 1.82) is 0 Å². The van der Waals surface area contributed by atoms with E-state index < -0.39 is 29.3 Å². The summed E-state index contributed by atoms with van der Waals surface area (Å²) in [5.74, 6) is -0.293. The van der Waals surface area contributed by atoms with Gasteiger partial charge in [-0.25, -0.2) is 14.4 Å². The molecule has 182 valence electrons. The Hall–Kier alpha value is -2.54. The fourth-order valence-electron chi connectivity index (χ4n) is 3.26. The Balaban J connectivity index is 2.29. The fraction of sp³-hybridized carbons (Fsp3) is 0.560. The predicted octanol–water partition coefficient (Wildman–Crippen LogP) is 6.02. The van der Waals surface area contributed by atoms with Crippen LogP contribution in [0.15, 0.2) is 27.4 Å². The first-order valence-corrected chi connectivity index (χ1v) is 11.7. The van der Waals surface area contributed by atoms with Crippen molar-refractivity contribution in [2.24, 2.45) is 5.92 Å². The lowest BCUT2D eigenvalue weighted by Gasteiger charge is -2.23. The predicted molar refractivity (Wildman–Crippen MR) is 129 cm³/mol. The number of carbonyl (C=O) groups is 2. The van der Waals surface area contributed by atoms with Crippen molar-refractivity contribution in [1.82, 2.24) is 5.32 Å². The van der Waals surface area contributed by atoms with Crippen molar-refractivity contribution >= 4 is 34.6 Å². The number of ether oxygens (including phenoxy) is 2. The Morgan fingerprint density at radius 3 is 2.45 bits per heavy atom. The molecule has 1 N–H and O–H groups in total. The lowest BCUT2D eigenvalue weighted by molar-refractivity contribution is -0.137. The number of hydrogen-bond acceptors (Lipinski definition) is 6. The van der Waals surface area contributed by atoms with Crippen LogP contribution < -0.4 is 15.7 Å². The number of amides is 1. The highest BCUT2D eigenvalue weighted by atomic mass is 35.5. The van der Waals surface area contributed by atoms with Crippen LogP contribution in [0.1, 0.15) is 72.8 Å². The Labute approximate surface area is 199 Å². The minimum absolute atomic E-state index is 0.0606. The molecule has 0 saturated heterocycles. The Kier molecular flexibility index (Phi) is 9.35. The van der Waals surface area contributed by atoms with E-state index >= 15 is 0 Å². The summed E-state index contributed by atoms with van der Waals surface area (Å²) in [5.41, 5.74) is -0.0517. The molecule has 33 heavy (non-hydrogen) atoms. The maximum absolute atomic E-state index is 12.9. The second-order valence-electron chi connectivity index (χ2n) is 9.56. The molecule has 0 fully saturated rings. The number of esters is 1. The summed E-state index contributed by atoms with van der Waals surface area (Å²) in [6.07, 6.45) is 2.97. The lowest BCUT2D eigenvalue weighted by atomic mass is 10.0. The molecule has 7 nitrogen and oxygen atoms in total. The number of carbonyl (C=O) groups excluding carboxylic acids is 2. The maximum Gasteiger partial charge on any atom is 0.408 e. The molecule has 0 saturated carbocycles. The molecule has 0 radical (unpaired) electrons. The van der Waals surface area contributed by atoms with Gasteiger partial charge in [0.2, 0.25) is 0 Å². The van der Waals surface area contributed by atoms with E-state index in [1.807, 2.05) is 13.8 Å². The van der Waals surface area contributed by atoms with Crippen molar-refractivity contribution in [2.45, 2.75) is 85.3 Å². The third-order valence-electron chi connectivity index (χ3n) is 4.90. The molecule has 2 aromatic rings. The van der Waals surface area contributed by atoms with Gasteiger partial charge >= 0.3 is 17.7 Å². The van der Waals surface area contributed by atoms with Crippen LogP contribution in [0.25, 0.3) is 11.0 Å². The van der Waals surface area contributed by atoms with Gasteiger partial charge in [-0.05, 0) is 64.0 Å². The van der Waals surface area contributed by atoms with Crippen LogP contribution in [0.3, 0.4) is 0 Å². The van der Waals surface area contributed by atoms with Gasteiger partial charge in [0.25, 0.3) is 0 Å². The van der Waals surface area contributed by atoms with Crippen molar-refractivity contribution in [3.05, 3.63) is 39.2 Å². The number of rotatable bonds is 9. The Bertz CT molecular complexity index is 1040. The smallest absolute Gasteiger partial charge is 0.408 e. The molecule has 0 aliphatic carbocycles. The molecule has 0 spiro atoms. The van der Waals surface area contributed by atoms with E-state index in [2.05, 4.69) is 12.2 Å². The standard InChI is InChI=1S/C25H34ClNO6/c1-7-8-9-16-12-22(28)31-20-14-21(18(26)13-17(16)20)32-23(29)19(11-10-15(2)3)27-24(30)33-25(4,5)6/h12-15,19H,7-11H2,1-6H3,(H,27,30)/t19-/m1/s1. The summed E-state index contributed by atoms with van der Waals surface area (Å²) in [4.78, 5) is 37.2. The van der Waals surface area contributed by atoms with E-state index in [1.165, 1.54) is 12.1 Å². The highest BCUT2D eigenvalue weighted by molar-refractivity contribution is 6.33. The first kappa shape index (κ1) is 26.7. The molecule has 1 amide bonds. The highest BCUT2D eigenvalue weighted by Gasteiger charge is 2.27. The van der Waals surface area contributed by atoms with Crippen LogP contribution in [0, 0.1) is 5.92 Å². The molecule has 1 aromatic carbocycles. The first-order valence-electron chi connectivity index (χ1n) is 11.4. The average molecular weight is 480 g/mol. The van der Waals surface area contributed by atoms with Gasteiger partial charge in [-0.1, -0.05) is 38.8 Å². The number of alkyl carbamates (subject to hydrolysis) is 1. The fourth-order valence-corrected chi connectivity index (χ4v) is 3.46. The van der Waals surface area contributed by atoms with Crippen LogP contribution in [0.2, 0.25) is 5.02 Å². The van der Waals surface area contributed by atoms with Crippen LogP contribution in [0.5, 0.6) is 5.75 Å². The normalized spacial score (nSPS) is 12.6. The number of aryl methyl sites for hydroxylation is 1. The SMILES string of the molecule is CCCCc1cc(=O)oc2cc(OC(=O)[C@@H](CCC(C)C)NC(=O)OC(C)(C)C)c(Cl)cc12. The van der Waals surface area contributed by atoms with Gasteiger partial charge in [0, 0.05) is 17.5 Å². The van der Waals surface area contributed by atoms with Gasteiger partial charge in [0.05, 0.1) is 5.02 Å². The summed E-state index contributed by atoms with van der Waals surface area (Å²) in [6, 6.07) is 3.63. The van der Waals surface area contributed by atoms with Crippen LogP contribution in [-0.4, -0.2) is 23.7 Å². The quantitative estimate of drug-likeness (QED) is 0.268. The van der Waals surface area contributed by atoms with Crippen LogP contribution >= 0.6 is 11.6 Å². The molecule has 8 heteroatoms. The molecular formula is C25H34ClNO6. The number of fused-ring (bicyclic) bond motifs is 1. The van der Waals surface area contributed by atoms with E-state index in [0.717, 1.165) is 18.4 Å².